The molecule has 0 aliphatic heterocycles. The second kappa shape index (κ2) is 4.76. The van der Waals surface area contributed by atoms with E-state index in [0.717, 1.165) is 23.9 Å². The number of aryl methyl sites for hydroxylation is 1. The smallest absolute Gasteiger partial charge is 0.0504 e. The summed E-state index contributed by atoms with van der Waals surface area (Å²) in [6.45, 7) is 3.28. The summed E-state index contributed by atoms with van der Waals surface area (Å²) >= 11 is 3.46. The third kappa shape index (κ3) is 2.41. The molecule has 0 bridgehead atoms. The van der Waals surface area contributed by atoms with E-state index in [1.54, 1.807) is 0 Å². The van der Waals surface area contributed by atoms with Crippen LogP contribution in [-0.2, 0) is 0 Å². The maximum absolute atomic E-state index is 9.38. The van der Waals surface area contributed by atoms with Gasteiger partial charge in [-0.05, 0) is 43.5 Å². The van der Waals surface area contributed by atoms with Crippen molar-refractivity contribution in [1.29, 1.82) is 0 Å². The number of hydrogen-bond donors (Lipinski definition) is 2. The predicted octanol–water partition coefficient (Wildman–Crippen LogP) is 3.33. The zero-order valence-electron chi connectivity index (χ0n) is 9.59. The quantitative estimate of drug-likeness (QED) is 0.889. The summed E-state index contributed by atoms with van der Waals surface area (Å²) in [6, 6.07) is 6.24. The van der Waals surface area contributed by atoms with Crippen LogP contribution in [0, 0.1) is 12.3 Å². The highest BCUT2D eigenvalue weighted by atomic mass is 79.9. The van der Waals surface area contributed by atoms with Gasteiger partial charge in [0.05, 0.1) is 6.61 Å². The van der Waals surface area contributed by atoms with Crippen molar-refractivity contribution in [1.82, 2.24) is 0 Å². The van der Waals surface area contributed by atoms with Crippen LogP contribution in [0.15, 0.2) is 22.7 Å². The molecule has 2 rings (SSSR count). The van der Waals surface area contributed by atoms with E-state index in [2.05, 4.69) is 40.3 Å². The third-order valence-corrected chi connectivity index (χ3v) is 4.09. The van der Waals surface area contributed by atoms with Crippen LogP contribution in [0.2, 0.25) is 0 Å². The molecule has 0 unspecified atom stereocenters. The average molecular weight is 284 g/mol. The molecule has 1 aromatic carbocycles. The van der Waals surface area contributed by atoms with Crippen molar-refractivity contribution in [3.05, 3.63) is 28.2 Å². The van der Waals surface area contributed by atoms with Crippen LogP contribution in [0.5, 0.6) is 0 Å². The Kier molecular flexibility index (Phi) is 3.55. The number of aliphatic hydroxyl groups is 1. The Hall–Kier alpha value is -0.540. The highest BCUT2D eigenvalue weighted by Gasteiger charge is 2.35. The summed E-state index contributed by atoms with van der Waals surface area (Å²) in [5.41, 5.74) is 2.55. The van der Waals surface area contributed by atoms with Crippen molar-refractivity contribution in [2.24, 2.45) is 5.41 Å². The van der Waals surface area contributed by atoms with E-state index in [-0.39, 0.29) is 5.41 Å². The summed E-state index contributed by atoms with van der Waals surface area (Å²) < 4.78 is 1.11. The van der Waals surface area contributed by atoms with Gasteiger partial charge < -0.3 is 10.4 Å². The number of hydrogen-bond acceptors (Lipinski definition) is 2. The van der Waals surface area contributed by atoms with Crippen LogP contribution in [0.4, 0.5) is 5.69 Å². The molecule has 2 N–H and O–H groups in total. The Balaban J connectivity index is 1.99. The first-order valence-electron chi connectivity index (χ1n) is 5.76. The lowest BCUT2D eigenvalue weighted by Crippen LogP contribution is -2.39. The van der Waals surface area contributed by atoms with Crippen LogP contribution >= 0.6 is 15.9 Å². The van der Waals surface area contributed by atoms with Crippen molar-refractivity contribution >= 4 is 21.6 Å². The third-order valence-electron chi connectivity index (χ3n) is 3.59. The fourth-order valence-electron chi connectivity index (χ4n) is 2.18. The molecule has 0 heterocycles. The van der Waals surface area contributed by atoms with E-state index < -0.39 is 0 Å². The highest BCUT2D eigenvalue weighted by Crippen LogP contribution is 2.40. The van der Waals surface area contributed by atoms with E-state index >= 15 is 0 Å². The molecule has 0 spiro atoms. The Morgan fingerprint density at radius 1 is 1.44 bits per heavy atom. The normalized spacial score (nSPS) is 17.9. The number of rotatable bonds is 4. The molecular weight excluding hydrogens is 266 g/mol. The number of halogens is 1. The monoisotopic (exact) mass is 283 g/mol. The second-order valence-electron chi connectivity index (χ2n) is 4.82. The van der Waals surface area contributed by atoms with Gasteiger partial charge in [0, 0.05) is 22.1 Å². The Labute approximate surface area is 105 Å². The van der Waals surface area contributed by atoms with Gasteiger partial charge in [-0.3, -0.25) is 0 Å². The Bertz CT molecular complexity index is 369. The Morgan fingerprint density at radius 2 is 2.19 bits per heavy atom. The van der Waals surface area contributed by atoms with Gasteiger partial charge in [-0.1, -0.05) is 22.4 Å². The van der Waals surface area contributed by atoms with Gasteiger partial charge in [-0.25, -0.2) is 0 Å². The second-order valence-corrected chi connectivity index (χ2v) is 5.74. The molecule has 1 fully saturated rings. The van der Waals surface area contributed by atoms with Crippen molar-refractivity contribution < 1.29 is 5.11 Å². The average Bonchev–Trinajstić information content (AvgIpc) is 2.19. The lowest BCUT2D eigenvalue weighted by atomic mass is 9.69. The van der Waals surface area contributed by atoms with Crippen LogP contribution in [0.3, 0.4) is 0 Å². The summed E-state index contributed by atoms with van der Waals surface area (Å²) in [4.78, 5) is 0. The van der Waals surface area contributed by atoms with E-state index in [4.69, 9.17) is 0 Å². The Morgan fingerprint density at radius 3 is 2.69 bits per heavy atom. The molecule has 0 radical (unpaired) electrons. The SMILES string of the molecule is Cc1cc(Br)ccc1NCC1(CO)CCC1. The standard InChI is InChI=1S/C13H18BrNO/c1-10-7-11(14)3-4-12(10)15-8-13(9-16)5-2-6-13/h3-4,7,15-16H,2,5-6,8-9H2,1H3. The molecule has 0 amide bonds. The molecule has 1 saturated carbocycles. The lowest BCUT2D eigenvalue weighted by molar-refractivity contribution is 0.0576. The molecule has 88 valence electrons. The molecular formula is C13H18BrNO. The van der Waals surface area contributed by atoms with Crippen LogP contribution in [0.25, 0.3) is 0 Å². The molecule has 16 heavy (non-hydrogen) atoms. The van der Waals surface area contributed by atoms with E-state index in [1.165, 1.54) is 17.7 Å². The summed E-state index contributed by atoms with van der Waals surface area (Å²) in [6.07, 6.45) is 3.54. The van der Waals surface area contributed by atoms with Crippen molar-refractivity contribution in [3.8, 4) is 0 Å². The van der Waals surface area contributed by atoms with Gasteiger partial charge in [0.1, 0.15) is 0 Å². The minimum absolute atomic E-state index is 0.138. The first-order chi connectivity index (χ1) is 7.65. The van der Waals surface area contributed by atoms with E-state index in [0.29, 0.717) is 6.61 Å². The zero-order valence-corrected chi connectivity index (χ0v) is 11.2. The van der Waals surface area contributed by atoms with E-state index in [1.807, 2.05) is 6.07 Å². The molecule has 3 heteroatoms. The lowest BCUT2D eigenvalue weighted by Gasteiger charge is -2.40. The molecule has 0 atom stereocenters. The van der Waals surface area contributed by atoms with Gasteiger partial charge in [0.2, 0.25) is 0 Å². The predicted molar refractivity (Wildman–Crippen MR) is 70.7 cm³/mol. The number of anilines is 1. The van der Waals surface area contributed by atoms with Gasteiger partial charge in [-0.2, -0.15) is 0 Å². The summed E-state index contributed by atoms with van der Waals surface area (Å²) in [7, 11) is 0. The molecule has 0 aromatic heterocycles. The zero-order chi connectivity index (χ0) is 11.6. The highest BCUT2D eigenvalue weighted by molar-refractivity contribution is 9.10. The minimum Gasteiger partial charge on any atom is -0.396 e. The summed E-state index contributed by atoms with van der Waals surface area (Å²) in [5, 5.41) is 12.8. The van der Waals surface area contributed by atoms with Crippen LogP contribution in [0.1, 0.15) is 24.8 Å². The largest absolute Gasteiger partial charge is 0.396 e. The van der Waals surface area contributed by atoms with Gasteiger partial charge >= 0.3 is 0 Å². The summed E-state index contributed by atoms with van der Waals surface area (Å²) in [5.74, 6) is 0. The fourth-order valence-corrected chi connectivity index (χ4v) is 2.65. The first kappa shape index (κ1) is 11.9. The molecule has 1 aliphatic carbocycles. The van der Waals surface area contributed by atoms with Crippen molar-refractivity contribution in [2.75, 3.05) is 18.5 Å². The van der Waals surface area contributed by atoms with Crippen LogP contribution in [-0.4, -0.2) is 18.3 Å². The molecule has 2 nitrogen and oxygen atoms in total. The van der Waals surface area contributed by atoms with Crippen LogP contribution < -0.4 is 5.32 Å². The minimum atomic E-state index is 0.138. The maximum atomic E-state index is 9.38. The number of benzene rings is 1. The fraction of sp³-hybridized carbons (Fsp3) is 0.538. The maximum Gasteiger partial charge on any atom is 0.0504 e. The number of nitrogens with one attached hydrogen (secondary N) is 1. The topological polar surface area (TPSA) is 32.3 Å². The molecule has 1 aliphatic rings. The van der Waals surface area contributed by atoms with Gasteiger partial charge in [0.15, 0.2) is 0 Å². The van der Waals surface area contributed by atoms with Gasteiger partial charge in [-0.15, -0.1) is 0 Å². The van der Waals surface area contributed by atoms with E-state index in [9.17, 15) is 5.11 Å². The first-order valence-corrected chi connectivity index (χ1v) is 6.55. The molecule has 0 saturated heterocycles. The molecule has 1 aromatic rings. The number of aliphatic hydroxyl groups excluding tert-OH is 1. The van der Waals surface area contributed by atoms with Crippen molar-refractivity contribution in [3.63, 3.8) is 0 Å². The van der Waals surface area contributed by atoms with Gasteiger partial charge in [0.25, 0.3) is 0 Å². The van der Waals surface area contributed by atoms with Crippen molar-refractivity contribution in [2.45, 2.75) is 26.2 Å².